The van der Waals surface area contributed by atoms with Crippen LogP contribution in [0.5, 0.6) is 0 Å². The number of hydrogen-bond donors (Lipinski definition) is 1. The molecular weight excluding hydrogens is 262 g/mol. The first-order valence-electron chi connectivity index (χ1n) is 5.94. The third-order valence-corrected chi connectivity index (χ3v) is 3.04. The molecule has 1 aromatic carbocycles. The number of fused-ring (bicyclic) bond motifs is 1. The van der Waals surface area contributed by atoms with Crippen molar-refractivity contribution in [1.82, 2.24) is 4.98 Å². The fourth-order valence-corrected chi connectivity index (χ4v) is 2.04. The number of carbonyl (C=O) groups is 1. The van der Waals surface area contributed by atoms with E-state index < -0.39 is 10.9 Å². The van der Waals surface area contributed by atoms with E-state index >= 15 is 0 Å². The summed E-state index contributed by atoms with van der Waals surface area (Å²) >= 11 is 0. The Kier molecular flexibility index (Phi) is 3.79. The summed E-state index contributed by atoms with van der Waals surface area (Å²) in [5, 5.41) is 20.8. The molecule has 0 saturated carbocycles. The SMILES string of the molecule is CN(CCC(=O)O)c1ccc([N+](=O)[O-])c2ccncc12. The van der Waals surface area contributed by atoms with Gasteiger partial charge in [0.15, 0.2) is 0 Å². The Labute approximate surface area is 114 Å². The largest absolute Gasteiger partial charge is 0.481 e. The Balaban J connectivity index is 2.47. The van der Waals surface area contributed by atoms with Gasteiger partial charge in [-0.1, -0.05) is 0 Å². The second-order valence-corrected chi connectivity index (χ2v) is 4.35. The Hall–Kier alpha value is -2.70. The van der Waals surface area contributed by atoms with Crippen LogP contribution in [0.4, 0.5) is 11.4 Å². The normalized spacial score (nSPS) is 10.4. The molecule has 0 amide bonds. The van der Waals surface area contributed by atoms with Crippen molar-refractivity contribution in [2.45, 2.75) is 6.42 Å². The number of non-ortho nitro benzene ring substituents is 1. The molecule has 2 aromatic rings. The van der Waals surface area contributed by atoms with Crippen molar-refractivity contribution in [2.24, 2.45) is 0 Å². The van der Waals surface area contributed by atoms with Gasteiger partial charge in [0.05, 0.1) is 16.7 Å². The quantitative estimate of drug-likeness (QED) is 0.662. The number of hydrogen-bond acceptors (Lipinski definition) is 5. The highest BCUT2D eigenvalue weighted by Gasteiger charge is 2.16. The van der Waals surface area contributed by atoms with Crippen LogP contribution in [0.25, 0.3) is 10.8 Å². The van der Waals surface area contributed by atoms with Crippen molar-refractivity contribution in [1.29, 1.82) is 0 Å². The fourth-order valence-electron chi connectivity index (χ4n) is 2.04. The molecule has 1 heterocycles. The van der Waals surface area contributed by atoms with Gasteiger partial charge in [0.1, 0.15) is 0 Å². The predicted molar refractivity (Wildman–Crippen MR) is 73.9 cm³/mol. The zero-order valence-corrected chi connectivity index (χ0v) is 10.8. The lowest BCUT2D eigenvalue weighted by molar-refractivity contribution is -0.383. The number of nitrogens with zero attached hydrogens (tertiary/aromatic N) is 3. The number of aliphatic carboxylic acids is 1. The molecule has 0 aliphatic rings. The molecular formula is C13H13N3O4. The molecule has 0 radical (unpaired) electrons. The van der Waals surface area contributed by atoms with Crippen molar-refractivity contribution in [3.63, 3.8) is 0 Å². The molecule has 0 fully saturated rings. The summed E-state index contributed by atoms with van der Waals surface area (Å²) < 4.78 is 0. The molecule has 20 heavy (non-hydrogen) atoms. The Bertz CT molecular complexity index is 672. The number of aromatic nitrogens is 1. The average molecular weight is 275 g/mol. The van der Waals surface area contributed by atoms with Gasteiger partial charge in [-0.3, -0.25) is 19.9 Å². The minimum Gasteiger partial charge on any atom is -0.481 e. The van der Waals surface area contributed by atoms with E-state index in [1.807, 2.05) is 0 Å². The standard InChI is InChI=1S/C13H13N3O4/c1-15(7-5-13(17)18)11-2-3-12(16(19)20)9-4-6-14-8-10(9)11/h2-4,6,8H,5,7H2,1H3,(H,17,18). The van der Waals surface area contributed by atoms with Crippen LogP contribution in [0, 0.1) is 10.1 Å². The molecule has 7 heteroatoms. The van der Waals surface area contributed by atoms with Gasteiger partial charge in [0, 0.05) is 43.1 Å². The smallest absolute Gasteiger partial charge is 0.305 e. The number of benzene rings is 1. The lowest BCUT2D eigenvalue weighted by atomic mass is 10.1. The van der Waals surface area contributed by atoms with Crippen LogP contribution in [0.1, 0.15) is 6.42 Å². The first-order chi connectivity index (χ1) is 9.50. The molecule has 0 bridgehead atoms. The first-order valence-corrected chi connectivity index (χ1v) is 5.94. The summed E-state index contributed by atoms with van der Waals surface area (Å²) in [7, 11) is 1.75. The maximum absolute atomic E-state index is 11.0. The number of pyridine rings is 1. The second kappa shape index (κ2) is 5.52. The Morgan fingerprint density at radius 3 is 2.80 bits per heavy atom. The molecule has 104 valence electrons. The van der Waals surface area contributed by atoms with Crippen molar-refractivity contribution < 1.29 is 14.8 Å². The average Bonchev–Trinajstić information content (AvgIpc) is 2.43. The van der Waals surface area contributed by atoms with Crippen LogP contribution in [-0.4, -0.2) is 34.6 Å². The molecule has 2 rings (SSSR count). The van der Waals surface area contributed by atoms with Crippen molar-refractivity contribution in [2.75, 3.05) is 18.5 Å². The highest BCUT2D eigenvalue weighted by Crippen LogP contribution is 2.32. The van der Waals surface area contributed by atoms with Crippen LogP contribution in [0.3, 0.4) is 0 Å². The lowest BCUT2D eigenvalue weighted by Gasteiger charge is -2.20. The zero-order chi connectivity index (χ0) is 14.7. The van der Waals surface area contributed by atoms with Gasteiger partial charge in [-0.15, -0.1) is 0 Å². The van der Waals surface area contributed by atoms with Gasteiger partial charge in [-0.25, -0.2) is 0 Å². The summed E-state index contributed by atoms with van der Waals surface area (Å²) in [5.74, 6) is -0.888. The van der Waals surface area contributed by atoms with Crippen molar-refractivity contribution >= 4 is 28.1 Å². The molecule has 0 atom stereocenters. The van der Waals surface area contributed by atoms with Gasteiger partial charge in [0.25, 0.3) is 5.69 Å². The van der Waals surface area contributed by atoms with E-state index in [4.69, 9.17) is 5.11 Å². The van der Waals surface area contributed by atoms with Gasteiger partial charge < -0.3 is 10.0 Å². The number of carboxylic acid groups (broad SMARTS) is 1. The van der Waals surface area contributed by atoms with Crippen molar-refractivity contribution in [3.05, 3.63) is 40.7 Å². The maximum Gasteiger partial charge on any atom is 0.305 e. The summed E-state index contributed by atoms with van der Waals surface area (Å²) in [5.41, 5.74) is 0.734. The van der Waals surface area contributed by atoms with Crippen LogP contribution >= 0.6 is 0 Å². The number of nitro benzene ring substituents is 1. The monoisotopic (exact) mass is 275 g/mol. The molecule has 0 saturated heterocycles. The Morgan fingerprint density at radius 1 is 1.40 bits per heavy atom. The van der Waals surface area contributed by atoms with Gasteiger partial charge in [-0.05, 0) is 12.1 Å². The third-order valence-electron chi connectivity index (χ3n) is 3.04. The number of carboxylic acids is 1. The molecule has 7 nitrogen and oxygen atoms in total. The van der Waals surface area contributed by atoms with E-state index in [0.717, 1.165) is 5.69 Å². The fraction of sp³-hybridized carbons (Fsp3) is 0.231. The van der Waals surface area contributed by atoms with Gasteiger partial charge in [0.2, 0.25) is 0 Å². The van der Waals surface area contributed by atoms with Gasteiger partial charge >= 0.3 is 5.97 Å². The van der Waals surface area contributed by atoms with E-state index in [-0.39, 0.29) is 12.1 Å². The maximum atomic E-state index is 11.0. The summed E-state index contributed by atoms with van der Waals surface area (Å²) in [6.07, 6.45) is 3.04. The van der Waals surface area contributed by atoms with Gasteiger partial charge in [-0.2, -0.15) is 0 Å². The second-order valence-electron chi connectivity index (χ2n) is 4.35. The van der Waals surface area contributed by atoms with Crippen LogP contribution in [0.15, 0.2) is 30.6 Å². The van der Waals surface area contributed by atoms with Crippen LogP contribution < -0.4 is 4.90 Å². The molecule has 0 spiro atoms. The summed E-state index contributed by atoms with van der Waals surface area (Å²) in [6.45, 7) is 0.317. The third kappa shape index (κ3) is 2.66. The molecule has 0 unspecified atom stereocenters. The summed E-state index contributed by atoms with van der Waals surface area (Å²) in [4.78, 5) is 26.9. The minimum absolute atomic E-state index is 0.00472. The highest BCUT2D eigenvalue weighted by molar-refractivity contribution is 5.99. The topological polar surface area (TPSA) is 96.6 Å². The molecule has 1 N–H and O–H groups in total. The first kappa shape index (κ1) is 13.7. The van der Waals surface area contributed by atoms with E-state index in [1.165, 1.54) is 12.3 Å². The molecule has 1 aromatic heterocycles. The predicted octanol–water partition coefficient (Wildman–Crippen LogP) is 2.05. The van der Waals surface area contributed by atoms with Crippen molar-refractivity contribution in [3.8, 4) is 0 Å². The van der Waals surface area contributed by atoms with E-state index in [2.05, 4.69) is 4.98 Å². The molecule has 0 aliphatic heterocycles. The number of nitro groups is 1. The number of rotatable bonds is 5. The number of anilines is 1. The molecule has 0 aliphatic carbocycles. The van der Waals surface area contributed by atoms with E-state index in [9.17, 15) is 14.9 Å². The van der Waals surface area contributed by atoms with Crippen LogP contribution in [-0.2, 0) is 4.79 Å². The summed E-state index contributed by atoms with van der Waals surface area (Å²) in [6, 6.07) is 4.63. The van der Waals surface area contributed by atoms with E-state index in [0.29, 0.717) is 17.3 Å². The van der Waals surface area contributed by atoms with E-state index in [1.54, 1.807) is 30.3 Å². The highest BCUT2D eigenvalue weighted by atomic mass is 16.6. The Morgan fingerprint density at radius 2 is 2.15 bits per heavy atom. The van der Waals surface area contributed by atoms with Crippen LogP contribution in [0.2, 0.25) is 0 Å². The lowest BCUT2D eigenvalue weighted by Crippen LogP contribution is -2.21. The zero-order valence-electron chi connectivity index (χ0n) is 10.8. The minimum atomic E-state index is -0.888.